The third kappa shape index (κ3) is 33.1. The second-order valence-corrected chi connectivity index (χ2v) is 12.6. The predicted octanol–water partition coefficient (Wildman–Crippen LogP) is 10.4. The van der Waals surface area contributed by atoms with Gasteiger partial charge in [-0.1, -0.05) is 113 Å². The summed E-state index contributed by atoms with van der Waals surface area (Å²) in [5.74, 6) is -1.50. The van der Waals surface area contributed by atoms with Gasteiger partial charge in [0, 0.05) is 12.8 Å². The van der Waals surface area contributed by atoms with Crippen LogP contribution in [-0.2, 0) is 19.1 Å². The second-order valence-electron chi connectivity index (χ2n) is 12.6. The molecule has 0 saturated heterocycles. The molecule has 0 aromatic rings. The van der Waals surface area contributed by atoms with E-state index in [1.165, 1.54) is 38.5 Å². The number of carbonyl (C=O) groups excluding carboxylic acids is 2. The first-order valence-electron chi connectivity index (χ1n) is 19.3. The van der Waals surface area contributed by atoms with Crippen LogP contribution in [0.25, 0.3) is 0 Å². The number of carboxylic acids is 1. The van der Waals surface area contributed by atoms with Crippen LogP contribution in [0.4, 0.5) is 0 Å². The summed E-state index contributed by atoms with van der Waals surface area (Å²) in [5.41, 5.74) is 5.48. The fourth-order valence-corrected chi connectivity index (χ4v) is 5.09. The van der Waals surface area contributed by atoms with Crippen molar-refractivity contribution in [3.05, 3.63) is 72.9 Å². The SMILES string of the molecule is CC/C=C\C/C=C\C/C=C\C/C=C\C/C=C\C(CCCCC(=O)NC(CCCN)C(=O)O)OC(=O)CCCCCCC/C=C\CCCCC. The van der Waals surface area contributed by atoms with E-state index in [0.717, 1.165) is 57.8 Å². The molecule has 49 heavy (non-hydrogen) atoms. The standard InChI is InChI=1S/C42H70N2O5/c1-3-5-7-9-11-13-15-17-18-19-21-23-25-27-32-38(33-29-30-35-40(45)44-39(42(47)48)34-31-37-43)49-41(46)36-28-26-24-22-20-16-14-12-10-8-6-4-2/h5,7,11-14,17-18,21,23,27,32,38-39H,3-4,6,8-10,15-16,19-20,22,24-26,28-31,33-37,43H2,1-2H3,(H,44,45)(H,47,48)/b7-5-,13-11-,14-12-,18-17-,23-21-,32-27-. The van der Waals surface area contributed by atoms with E-state index in [0.29, 0.717) is 45.1 Å². The number of allylic oxidation sites excluding steroid dienone is 11. The van der Waals surface area contributed by atoms with E-state index in [1.54, 1.807) is 0 Å². The summed E-state index contributed by atoms with van der Waals surface area (Å²) < 4.78 is 5.84. The molecule has 1 amide bonds. The maximum atomic E-state index is 12.7. The molecular weight excluding hydrogens is 612 g/mol. The highest BCUT2D eigenvalue weighted by atomic mass is 16.5. The summed E-state index contributed by atoms with van der Waals surface area (Å²) in [6.45, 7) is 4.75. The summed E-state index contributed by atoms with van der Waals surface area (Å²) in [5, 5.41) is 11.9. The Morgan fingerprint density at radius 3 is 1.78 bits per heavy atom. The van der Waals surface area contributed by atoms with Gasteiger partial charge in [0.2, 0.25) is 5.91 Å². The van der Waals surface area contributed by atoms with Crippen LogP contribution in [0.1, 0.15) is 155 Å². The molecule has 7 heteroatoms. The fourth-order valence-electron chi connectivity index (χ4n) is 5.09. The van der Waals surface area contributed by atoms with Gasteiger partial charge in [0.25, 0.3) is 0 Å². The molecule has 0 fully saturated rings. The van der Waals surface area contributed by atoms with E-state index >= 15 is 0 Å². The largest absolute Gasteiger partial charge is 0.480 e. The molecule has 0 aliphatic carbocycles. The van der Waals surface area contributed by atoms with E-state index in [4.69, 9.17) is 10.5 Å². The highest BCUT2D eigenvalue weighted by molar-refractivity contribution is 5.83. The molecule has 0 aromatic carbocycles. The minimum Gasteiger partial charge on any atom is -0.480 e. The number of hydrogen-bond donors (Lipinski definition) is 3. The maximum Gasteiger partial charge on any atom is 0.326 e. The normalized spacial score (nSPS) is 13.5. The van der Waals surface area contributed by atoms with E-state index in [1.807, 2.05) is 12.2 Å². The Hall–Kier alpha value is -3.19. The minimum atomic E-state index is -1.04. The first-order chi connectivity index (χ1) is 23.9. The van der Waals surface area contributed by atoms with Gasteiger partial charge in [-0.05, 0) is 109 Å². The number of carbonyl (C=O) groups is 3. The predicted molar refractivity (Wildman–Crippen MR) is 206 cm³/mol. The van der Waals surface area contributed by atoms with Gasteiger partial charge in [0.1, 0.15) is 12.1 Å². The molecular formula is C42H70N2O5. The molecule has 0 aliphatic heterocycles. The van der Waals surface area contributed by atoms with Gasteiger partial charge >= 0.3 is 11.9 Å². The van der Waals surface area contributed by atoms with E-state index < -0.39 is 12.0 Å². The summed E-state index contributed by atoms with van der Waals surface area (Å²) in [7, 11) is 0. The summed E-state index contributed by atoms with van der Waals surface area (Å²) >= 11 is 0. The minimum absolute atomic E-state index is 0.178. The van der Waals surface area contributed by atoms with Crippen molar-refractivity contribution in [3.8, 4) is 0 Å². The smallest absolute Gasteiger partial charge is 0.326 e. The van der Waals surface area contributed by atoms with Crippen molar-refractivity contribution in [2.75, 3.05) is 6.54 Å². The highest BCUT2D eigenvalue weighted by Gasteiger charge is 2.19. The lowest BCUT2D eigenvalue weighted by atomic mass is 10.1. The third-order valence-electron chi connectivity index (χ3n) is 7.99. The first-order valence-corrected chi connectivity index (χ1v) is 19.3. The Labute approximate surface area is 299 Å². The highest BCUT2D eigenvalue weighted by Crippen LogP contribution is 2.14. The van der Waals surface area contributed by atoms with Crippen LogP contribution in [-0.4, -0.2) is 41.6 Å². The average molecular weight is 683 g/mol. The monoisotopic (exact) mass is 683 g/mol. The zero-order valence-corrected chi connectivity index (χ0v) is 31.0. The second kappa shape index (κ2) is 36.1. The molecule has 278 valence electrons. The number of esters is 1. The molecule has 0 rings (SSSR count). The first kappa shape index (κ1) is 45.8. The number of amides is 1. The zero-order chi connectivity index (χ0) is 36.0. The number of nitrogens with two attached hydrogens (primary N) is 1. The topological polar surface area (TPSA) is 119 Å². The summed E-state index contributed by atoms with van der Waals surface area (Å²) in [6, 6.07) is -0.914. The summed E-state index contributed by atoms with van der Waals surface area (Å²) in [6.07, 6.45) is 45.2. The molecule has 0 radical (unpaired) electrons. The van der Waals surface area contributed by atoms with Crippen molar-refractivity contribution in [2.24, 2.45) is 5.73 Å². The van der Waals surface area contributed by atoms with Crippen molar-refractivity contribution >= 4 is 17.8 Å². The molecule has 0 heterocycles. The van der Waals surface area contributed by atoms with Crippen LogP contribution in [0.15, 0.2) is 72.9 Å². The van der Waals surface area contributed by atoms with Crippen LogP contribution in [0, 0.1) is 0 Å². The van der Waals surface area contributed by atoms with Gasteiger partial charge in [-0.3, -0.25) is 9.59 Å². The Balaban J connectivity index is 4.64. The van der Waals surface area contributed by atoms with Crippen molar-refractivity contribution in [1.82, 2.24) is 5.32 Å². The number of nitrogens with one attached hydrogen (secondary N) is 1. The Bertz CT molecular complexity index is 995. The van der Waals surface area contributed by atoms with Gasteiger partial charge < -0.3 is 20.9 Å². The molecule has 0 aromatic heterocycles. The molecule has 4 N–H and O–H groups in total. The number of ether oxygens (including phenoxy) is 1. The number of unbranched alkanes of at least 4 members (excludes halogenated alkanes) is 9. The average Bonchev–Trinajstić information content (AvgIpc) is 3.08. The maximum absolute atomic E-state index is 12.7. The zero-order valence-electron chi connectivity index (χ0n) is 31.0. The lowest BCUT2D eigenvalue weighted by Gasteiger charge is -2.16. The van der Waals surface area contributed by atoms with Crippen LogP contribution < -0.4 is 11.1 Å². The quantitative estimate of drug-likeness (QED) is 0.0360. The van der Waals surface area contributed by atoms with Crippen molar-refractivity contribution in [2.45, 2.75) is 167 Å². The molecule has 2 atom stereocenters. The van der Waals surface area contributed by atoms with E-state index in [2.05, 4.69) is 79.9 Å². The third-order valence-corrected chi connectivity index (χ3v) is 7.99. The molecule has 0 spiro atoms. The van der Waals surface area contributed by atoms with E-state index in [-0.39, 0.29) is 24.4 Å². The van der Waals surface area contributed by atoms with Crippen LogP contribution in [0.2, 0.25) is 0 Å². The van der Waals surface area contributed by atoms with Crippen molar-refractivity contribution in [3.63, 3.8) is 0 Å². The molecule has 7 nitrogen and oxygen atoms in total. The summed E-state index contributed by atoms with van der Waals surface area (Å²) in [4.78, 5) is 36.4. The molecule has 0 saturated carbocycles. The van der Waals surface area contributed by atoms with Gasteiger partial charge in [-0.25, -0.2) is 4.79 Å². The number of hydrogen-bond acceptors (Lipinski definition) is 5. The fraction of sp³-hybridized carbons (Fsp3) is 0.643. The van der Waals surface area contributed by atoms with E-state index in [9.17, 15) is 19.5 Å². The van der Waals surface area contributed by atoms with Crippen LogP contribution in [0.3, 0.4) is 0 Å². The Kier molecular flexibility index (Phi) is 33.7. The van der Waals surface area contributed by atoms with Crippen LogP contribution >= 0.6 is 0 Å². The Morgan fingerprint density at radius 2 is 1.18 bits per heavy atom. The van der Waals surface area contributed by atoms with Gasteiger partial charge in [0.05, 0.1) is 0 Å². The lowest BCUT2D eigenvalue weighted by Crippen LogP contribution is -2.40. The van der Waals surface area contributed by atoms with Crippen molar-refractivity contribution in [1.29, 1.82) is 0 Å². The van der Waals surface area contributed by atoms with Gasteiger partial charge in [0.15, 0.2) is 0 Å². The lowest BCUT2D eigenvalue weighted by molar-refractivity contribution is -0.147. The number of rotatable bonds is 33. The van der Waals surface area contributed by atoms with Crippen molar-refractivity contribution < 1.29 is 24.2 Å². The molecule has 2 unspecified atom stereocenters. The van der Waals surface area contributed by atoms with Crippen LogP contribution in [0.5, 0.6) is 0 Å². The van der Waals surface area contributed by atoms with Gasteiger partial charge in [-0.15, -0.1) is 0 Å². The number of carboxylic acid groups (broad SMARTS) is 1. The molecule has 0 aliphatic rings. The van der Waals surface area contributed by atoms with Gasteiger partial charge in [-0.2, -0.15) is 0 Å². The molecule has 0 bridgehead atoms. The number of aliphatic carboxylic acids is 1. The Morgan fingerprint density at radius 1 is 0.633 bits per heavy atom.